The van der Waals surface area contributed by atoms with Crippen LogP contribution in [0.4, 0.5) is 5.69 Å². The van der Waals surface area contributed by atoms with Crippen LogP contribution in [0.5, 0.6) is 5.75 Å². The fourth-order valence-corrected chi connectivity index (χ4v) is 3.82. The first-order valence-corrected chi connectivity index (χ1v) is 9.31. The van der Waals surface area contributed by atoms with E-state index in [2.05, 4.69) is 6.92 Å². The number of nitrogens with zero attached hydrogens (tertiary/aromatic N) is 1. The van der Waals surface area contributed by atoms with Gasteiger partial charge in [0, 0.05) is 6.42 Å². The highest BCUT2D eigenvalue weighted by molar-refractivity contribution is 6.22. The predicted molar refractivity (Wildman–Crippen MR) is 94.2 cm³/mol. The van der Waals surface area contributed by atoms with Gasteiger partial charge >= 0.3 is 5.97 Å². The Morgan fingerprint density at radius 1 is 1.08 bits per heavy atom. The van der Waals surface area contributed by atoms with Gasteiger partial charge in [-0.2, -0.15) is 0 Å². The molecule has 2 amide bonds. The number of para-hydroxylation sites is 2. The molecule has 0 bridgehead atoms. The normalized spacial score (nSPS) is 22.8. The topological polar surface area (TPSA) is 63.7 Å². The number of esters is 1. The lowest BCUT2D eigenvalue weighted by atomic mass is 9.81. The molecule has 1 saturated heterocycles. The summed E-state index contributed by atoms with van der Waals surface area (Å²) < 4.78 is 5.47. The van der Waals surface area contributed by atoms with Crippen LogP contribution in [0.3, 0.4) is 0 Å². The standard InChI is InChI=1S/C20H25NO4/c1-2-3-4-13-18(22)25-17-12-8-7-11-16(17)21-19(23)14-9-5-6-10-15(14)20(21)24/h7-8,11-12,14-15H,2-6,9-10,13H2,1H3/t14-,15-/m0/s1. The van der Waals surface area contributed by atoms with Gasteiger partial charge in [0.05, 0.1) is 17.5 Å². The number of carbonyl (C=O) groups excluding carboxylic acids is 3. The summed E-state index contributed by atoms with van der Waals surface area (Å²) in [7, 11) is 0. The Morgan fingerprint density at radius 3 is 2.36 bits per heavy atom. The molecule has 0 aromatic heterocycles. The highest BCUT2D eigenvalue weighted by Gasteiger charge is 2.49. The van der Waals surface area contributed by atoms with E-state index >= 15 is 0 Å². The Hall–Kier alpha value is -2.17. The molecule has 25 heavy (non-hydrogen) atoms. The van der Waals surface area contributed by atoms with Crippen molar-refractivity contribution >= 4 is 23.5 Å². The summed E-state index contributed by atoms with van der Waals surface area (Å²) in [5.74, 6) is -0.751. The summed E-state index contributed by atoms with van der Waals surface area (Å²) in [6.45, 7) is 2.07. The fourth-order valence-electron chi connectivity index (χ4n) is 3.82. The van der Waals surface area contributed by atoms with Crippen molar-refractivity contribution in [2.75, 3.05) is 4.90 Å². The highest BCUT2D eigenvalue weighted by atomic mass is 16.5. The van der Waals surface area contributed by atoms with Gasteiger partial charge in [0.15, 0.2) is 5.75 Å². The molecule has 1 aromatic rings. The quantitative estimate of drug-likeness (QED) is 0.341. The van der Waals surface area contributed by atoms with Crippen molar-refractivity contribution in [1.29, 1.82) is 0 Å². The van der Waals surface area contributed by atoms with Gasteiger partial charge in [0.1, 0.15) is 0 Å². The van der Waals surface area contributed by atoms with E-state index in [-0.39, 0.29) is 29.6 Å². The van der Waals surface area contributed by atoms with Crippen molar-refractivity contribution in [3.8, 4) is 5.75 Å². The van der Waals surface area contributed by atoms with Crippen LogP contribution in [0, 0.1) is 11.8 Å². The van der Waals surface area contributed by atoms with E-state index in [1.807, 2.05) is 0 Å². The Bertz CT molecular complexity index is 645. The molecule has 2 atom stereocenters. The molecule has 1 aliphatic carbocycles. The third kappa shape index (κ3) is 3.60. The minimum absolute atomic E-state index is 0.149. The number of fused-ring (bicyclic) bond motifs is 1. The molecule has 3 rings (SSSR count). The van der Waals surface area contributed by atoms with Gasteiger partial charge in [-0.05, 0) is 31.4 Å². The molecular formula is C20H25NO4. The molecule has 0 N–H and O–H groups in total. The van der Waals surface area contributed by atoms with Gasteiger partial charge in [0.25, 0.3) is 0 Å². The Balaban J connectivity index is 1.79. The summed E-state index contributed by atoms with van der Waals surface area (Å²) in [6, 6.07) is 6.83. The second kappa shape index (κ2) is 7.81. The van der Waals surface area contributed by atoms with Crippen molar-refractivity contribution in [3.05, 3.63) is 24.3 Å². The van der Waals surface area contributed by atoms with Gasteiger partial charge < -0.3 is 4.74 Å². The first-order valence-electron chi connectivity index (χ1n) is 9.31. The molecular weight excluding hydrogens is 318 g/mol. The number of amides is 2. The molecule has 2 fully saturated rings. The van der Waals surface area contributed by atoms with Crippen molar-refractivity contribution < 1.29 is 19.1 Å². The maximum absolute atomic E-state index is 12.8. The third-order valence-corrected chi connectivity index (χ3v) is 5.16. The Kier molecular flexibility index (Phi) is 5.51. The first kappa shape index (κ1) is 17.6. The summed E-state index contributed by atoms with van der Waals surface area (Å²) in [6.07, 6.45) is 6.64. The third-order valence-electron chi connectivity index (χ3n) is 5.16. The first-order chi connectivity index (χ1) is 12.1. The lowest BCUT2D eigenvalue weighted by Gasteiger charge is -2.19. The largest absolute Gasteiger partial charge is 0.424 e. The lowest BCUT2D eigenvalue weighted by molar-refractivity contribution is -0.134. The SMILES string of the molecule is CCCCCC(=O)Oc1ccccc1N1C(=O)[C@H]2CCCC[C@@H]2C1=O. The van der Waals surface area contributed by atoms with Crippen molar-refractivity contribution in [2.24, 2.45) is 11.8 Å². The zero-order valence-corrected chi connectivity index (χ0v) is 14.7. The molecule has 1 aromatic carbocycles. The van der Waals surface area contributed by atoms with E-state index in [1.54, 1.807) is 24.3 Å². The lowest BCUT2D eigenvalue weighted by Crippen LogP contribution is -2.31. The average Bonchev–Trinajstić information content (AvgIpc) is 2.87. The van der Waals surface area contributed by atoms with Crippen LogP contribution in [0.2, 0.25) is 0 Å². The maximum Gasteiger partial charge on any atom is 0.311 e. The second-order valence-electron chi connectivity index (χ2n) is 6.91. The number of carbonyl (C=O) groups is 3. The van der Waals surface area contributed by atoms with Crippen LogP contribution in [0.15, 0.2) is 24.3 Å². The summed E-state index contributed by atoms with van der Waals surface area (Å²) in [5.41, 5.74) is 0.399. The average molecular weight is 343 g/mol. The van der Waals surface area contributed by atoms with Gasteiger partial charge in [-0.25, -0.2) is 4.90 Å². The van der Waals surface area contributed by atoms with Crippen LogP contribution in [-0.4, -0.2) is 17.8 Å². The molecule has 2 aliphatic rings. The maximum atomic E-state index is 12.8. The highest BCUT2D eigenvalue weighted by Crippen LogP contribution is 2.42. The van der Waals surface area contributed by atoms with Crippen LogP contribution >= 0.6 is 0 Å². The van der Waals surface area contributed by atoms with E-state index in [4.69, 9.17) is 4.74 Å². The molecule has 1 aliphatic heterocycles. The molecule has 0 radical (unpaired) electrons. The van der Waals surface area contributed by atoms with E-state index in [9.17, 15) is 14.4 Å². The number of hydrogen-bond acceptors (Lipinski definition) is 4. The van der Waals surface area contributed by atoms with E-state index < -0.39 is 0 Å². The molecule has 1 saturated carbocycles. The van der Waals surface area contributed by atoms with Gasteiger partial charge in [0.2, 0.25) is 11.8 Å². The van der Waals surface area contributed by atoms with Crippen LogP contribution < -0.4 is 9.64 Å². The number of imide groups is 1. The molecule has 5 heteroatoms. The summed E-state index contributed by atoms with van der Waals surface area (Å²) in [4.78, 5) is 38.8. The number of rotatable bonds is 6. The number of anilines is 1. The molecule has 134 valence electrons. The number of hydrogen-bond donors (Lipinski definition) is 0. The molecule has 0 spiro atoms. The van der Waals surface area contributed by atoms with E-state index in [1.165, 1.54) is 4.90 Å². The molecule has 1 heterocycles. The van der Waals surface area contributed by atoms with Crippen molar-refractivity contribution in [2.45, 2.75) is 58.3 Å². The second-order valence-corrected chi connectivity index (χ2v) is 6.91. The molecule has 0 unspecified atom stereocenters. The Morgan fingerprint density at radius 2 is 1.72 bits per heavy atom. The summed E-state index contributed by atoms with van der Waals surface area (Å²) in [5, 5.41) is 0. The zero-order valence-electron chi connectivity index (χ0n) is 14.7. The number of benzene rings is 1. The smallest absolute Gasteiger partial charge is 0.311 e. The van der Waals surface area contributed by atoms with Gasteiger partial charge in [-0.15, -0.1) is 0 Å². The van der Waals surface area contributed by atoms with Gasteiger partial charge in [-0.1, -0.05) is 44.7 Å². The zero-order chi connectivity index (χ0) is 17.8. The van der Waals surface area contributed by atoms with E-state index in [0.29, 0.717) is 17.9 Å². The van der Waals surface area contributed by atoms with Crippen LogP contribution in [-0.2, 0) is 14.4 Å². The van der Waals surface area contributed by atoms with Gasteiger partial charge in [-0.3, -0.25) is 14.4 Å². The van der Waals surface area contributed by atoms with Crippen LogP contribution in [0.25, 0.3) is 0 Å². The summed E-state index contributed by atoms with van der Waals surface area (Å²) >= 11 is 0. The predicted octanol–water partition coefficient (Wildman–Crippen LogP) is 3.85. The van der Waals surface area contributed by atoms with Crippen LogP contribution in [0.1, 0.15) is 58.3 Å². The fraction of sp³-hybridized carbons (Fsp3) is 0.550. The Labute approximate surface area is 148 Å². The van der Waals surface area contributed by atoms with E-state index in [0.717, 1.165) is 44.9 Å². The minimum atomic E-state index is -0.322. The molecule has 5 nitrogen and oxygen atoms in total. The monoisotopic (exact) mass is 343 g/mol. The van der Waals surface area contributed by atoms with Crippen molar-refractivity contribution in [3.63, 3.8) is 0 Å². The van der Waals surface area contributed by atoms with Crippen molar-refractivity contribution in [1.82, 2.24) is 0 Å². The number of unbranched alkanes of at least 4 members (excludes halogenated alkanes) is 2. The minimum Gasteiger partial charge on any atom is -0.424 e. The number of ether oxygens (including phenoxy) is 1.